The van der Waals surface area contributed by atoms with Crippen LogP contribution in [0.3, 0.4) is 0 Å². The van der Waals surface area contributed by atoms with Crippen molar-refractivity contribution in [1.82, 2.24) is 19.5 Å². The molecular weight excluding hydrogens is 292 g/mol. The van der Waals surface area contributed by atoms with E-state index in [2.05, 4.69) is 15.0 Å². The van der Waals surface area contributed by atoms with Gasteiger partial charge in [-0.15, -0.1) is 0 Å². The topological polar surface area (TPSA) is 43.6 Å². The Morgan fingerprint density at radius 2 is 1.94 bits per heavy atom. The van der Waals surface area contributed by atoms with Crippen molar-refractivity contribution in [2.45, 2.75) is 12.7 Å². The average Bonchev–Trinajstić information content (AvgIpc) is 2.63. The van der Waals surface area contributed by atoms with E-state index in [-0.39, 0.29) is 16.1 Å². The first-order valence-corrected chi connectivity index (χ1v) is 5.38. The molecule has 0 bridgehead atoms. The van der Waals surface area contributed by atoms with E-state index in [1.165, 1.54) is 12.4 Å². The summed E-state index contributed by atoms with van der Waals surface area (Å²) in [5.74, 6) is 0. The van der Waals surface area contributed by atoms with Crippen molar-refractivity contribution in [3.8, 4) is 11.3 Å². The second kappa shape index (κ2) is 4.74. The van der Waals surface area contributed by atoms with Gasteiger partial charge in [-0.05, 0) is 11.6 Å². The third kappa shape index (κ3) is 3.11. The molecule has 0 saturated carbocycles. The van der Waals surface area contributed by atoms with Crippen molar-refractivity contribution in [2.75, 3.05) is 0 Å². The second-order valence-electron chi connectivity index (χ2n) is 3.39. The Morgan fingerprint density at radius 3 is 2.56 bits per heavy atom. The fourth-order valence-electron chi connectivity index (χ4n) is 1.31. The molecule has 0 aliphatic heterocycles. The van der Waals surface area contributed by atoms with Crippen molar-refractivity contribution in [2.24, 2.45) is 0 Å². The van der Waals surface area contributed by atoms with Crippen LogP contribution < -0.4 is 0 Å². The van der Waals surface area contributed by atoms with Gasteiger partial charge in [0.15, 0.2) is 0 Å². The van der Waals surface area contributed by atoms with Gasteiger partial charge in [0.25, 0.3) is 0 Å². The summed E-state index contributed by atoms with van der Waals surface area (Å²) >= 11 is 11.3. The molecule has 2 aromatic heterocycles. The Morgan fingerprint density at radius 1 is 1.22 bits per heavy atom. The molecule has 0 unspecified atom stereocenters. The van der Waals surface area contributed by atoms with E-state index < -0.39 is 12.7 Å². The Hall–Kier alpha value is -1.34. The van der Waals surface area contributed by atoms with E-state index in [1.54, 1.807) is 0 Å². The van der Waals surface area contributed by atoms with Crippen LogP contribution in [0.5, 0.6) is 0 Å². The van der Waals surface area contributed by atoms with Gasteiger partial charge in [-0.25, -0.2) is 15.0 Å². The minimum Gasteiger partial charge on any atom is -0.328 e. The molecule has 2 aromatic rings. The molecule has 96 valence electrons. The van der Waals surface area contributed by atoms with Gasteiger partial charge in [0, 0.05) is 12.4 Å². The summed E-state index contributed by atoms with van der Waals surface area (Å²) in [7, 11) is 0. The number of rotatable bonds is 2. The van der Waals surface area contributed by atoms with Crippen molar-refractivity contribution >= 4 is 23.2 Å². The number of alkyl halides is 3. The number of hydrogen-bond donors (Lipinski definition) is 0. The van der Waals surface area contributed by atoms with Crippen molar-refractivity contribution in [3.05, 3.63) is 29.2 Å². The lowest BCUT2D eigenvalue weighted by molar-refractivity contribution is -0.140. The third-order valence-corrected chi connectivity index (χ3v) is 2.45. The van der Waals surface area contributed by atoms with Gasteiger partial charge in [0.2, 0.25) is 5.28 Å². The van der Waals surface area contributed by atoms with E-state index in [4.69, 9.17) is 23.2 Å². The van der Waals surface area contributed by atoms with Crippen LogP contribution in [0.15, 0.2) is 18.7 Å². The van der Waals surface area contributed by atoms with Crippen LogP contribution in [0.1, 0.15) is 0 Å². The maximum absolute atomic E-state index is 12.2. The smallest absolute Gasteiger partial charge is 0.328 e. The zero-order valence-electron chi connectivity index (χ0n) is 8.62. The quantitative estimate of drug-likeness (QED) is 0.631. The molecule has 2 heterocycles. The number of hydrogen-bond acceptors (Lipinski definition) is 3. The zero-order chi connectivity index (χ0) is 13.3. The molecule has 0 aliphatic rings. The summed E-state index contributed by atoms with van der Waals surface area (Å²) in [5, 5.41) is -0.00858. The molecule has 0 saturated heterocycles. The van der Waals surface area contributed by atoms with Gasteiger partial charge < -0.3 is 4.57 Å². The molecule has 0 spiro atoms. The van der Waals surface area contributed by atoms with Gasteiger partial charge in [-0.2, -0.15) is 13.2 Å². The fraction of sp³-hybridized carbons (Fsp3) is 0.222. The van der Waals surface area contributed by atoms with Crippen LogP contribution in [0.2, 0.25) is 10.4 Å². The summed E-state index contributed by atoms with van der Waals surface area (Å²) < 4.78 is 37.4. The molecule has 0 aliphatic carbocycles. The summed E-state index contributed by atoms with van der Waals surface area (Å²) in [5.41, 5.74) is 0.572. The van der Waals surface area contributed by atoms with Gasteiger partial charge in [-0.3, -0.25) is 0 Å². The maximum atomic E-state index is 12.2. The zero-order valence-corrected chi connectivity index (χ0v) is 10.1. The van der Waals surface area contributed by atoms with E-state index in [0.29, 0.717) is 5.56 Å². The number of halogens is 5. The first-order valence-electron chi connectivity index (χ1n) is 4.62. The highest BCUT2D eigenvalue weighted by molar-refractivity contribution is 6.33. The minimum atomic E-state index is -4.31. The van der Waals surface area contributed by atoms with E-state index in [9.17, 15) is 13.2 Å². The molecule has 0 fully saturated rings. The molecule has 0 amide bonds. The van der Waals surface area contributed by atoms with Crippen LogP contribution in [-0.2, 0) is 6.54 Å². The Kier molecular flexibility index (Phi) is 3.45. The van der Waals surface area contributed by atoms with Gasteiger partial charge in [0.05, 0.1) is 17.6 Å². The summed E-state index contributed by atoms with van der Waals surface area (Å²) in [6.45, 7) is -1.12. The van der Waals surface area contributed by atoms with Crippen molar-refractivity contribution < 1.29 is 13.2 Å². The highest BCUT2D eigenvalue weighted by Crippen LogP contribution is 2.26. The minimum absolute atomic E-state index is 0.0345. The monoisotopic (exact) mass is 296 g/mol. The molecule has 18 heavy (non-hydrogen) atoms. The first-order chi connectivity index (χ1) is 8.35. The fourth-order valence-corrected chi connectivity index (χ4v) is 1.71. The van der Waals surface area contributed by atoms with E-state index >= 15 is 0 Å². The van der Waals surface area contributed by atoms with Crippen molar-refractivity contribution in [3.63, 3.8) is 0 Å². The number of nitrogens with zero attached hydrogens (tertiary/aromatic N) is 4. The summed E-state index contributed by atoms with van der Waals surface area (Å²) in [4.78, 5) is 11.2. The number of imidazole rings is 1. The van der Waals surface area contributed by atoms with Crippen LogP contribution in [0.25, 0.3) is 11.3 Å². The standard InChI is InChI=1S/C9H5Cl2F3N4/c10-7-5(1-15-8(11)17-7)6-2-18(4-16-6)3-9(12,13)14/h1-2,4H,3H2. The number of aromatic nitrogens is 4. The highest BCUT2D eigenvalue weighted by Gasteiger charge is 2.28. The van der Waals surface area contributed by atoms with E-state index in [0.717, 1.165) is 10.9 Å². The normalized spacial score (nSPS) is 11.8. The van der Waals surface area contributed by atoms with Gasteiger partial charge >= 0.3 is 6.18 Å². The lowest BCUT2D eigenvalue weighted by Crippen LogP contribution is -2.16. The van der Waals surface area contributed by atoms with Crippen molar-refractivity contribution in [1.29, 1.82) is 0 Å². The van der Waals surface area contributed by atoms with Crippen LogP contribution in [-0.4, -0.2) is 25.7 Å². The van der Waals surface area contributed by atoms with Crippen LogP contribution >= 0.6 is 23.2 Å². The van der Waals surface area contributed by atoms with Crippen LogP contribution in [0.4, 0.5) is 13.2 Å². The largest absolute Gasteiger partial charge is 0.406 e. The van der Waals surface area contributed by atoms with Crippen LogP contribution in [0, 0.1) is 0 Å². The molecule has 0 atom stereocenters. The van der Waals surface area contributed by atoms with E-state index in [1.807, 2.05) is 0 Å². The lowest BCUT2D eigenvalue weighted by atomic mass is 10.3. The predicted molar refractivity (Wildman–Crippen MR) is 59.3 cm³/mol. The Balaban J connectivity index is 2.29. The Labute approximate surface area is 109 Å². The second-order valence-corrected chi connectivity index (χ2v) is 4.09. The Bertz CT molecular complexity index is 567. The van der Waals surface area contributed by atoms with Gasteiger partial charge in [-0.1, -0.05) is 11.6 Å². The molecule has 0 N–H and O–H groups in total. The lowest BCUT2D eigenvalue weighted by Gasteiger charge is -2.05. The molecule has 9 heteroatoms. The summed E-state index contributed by atoms with van der Waals surface area (Å²) in [6.07, 6.45) is -0.726. The highest BCUT2D eigenvalue weighted by atomic mass is 35.5. The average molecular weight is 297 g/mol. The molecule has 0 radical (unpaired) electrons. The molecule has 4 nitrogen and oxygen atoms in total. The molecule has 0 aromatic carbocycles. The third-order valence-electron chi connectivity index (χ3n) is 1.98. The molecule has 2 rings (SSSR count). The SMILES string of the molecule is FC(F)(F)Cn1cnc(-c2cnc(Cl)nc2Cl)c1. The predicted octanol–water partition coefficient (Wildman–Crippen LogP) is 3.21. The summed E-state index contributed by atoms with van der Waals surface area (Å²) in [6, 6.07) is 0. The van der Waals surface area contributed by atoms with Gasteiger partial charge in [0.1, 0.15) is 11.7 Å². The maximum Gasteiger partial charge on any atom is 0.406 e. The first kappa shape index (κ1) is 13.1. The molecular formula is C9H5Cl2F3N4.